The van der Waals surface area contributed by atoms with Gasteiger partial charge in [-0.2, -0.15) is 0 Å². The lowest BCUT2D eigenvalue weighted by Gasteiger charge is -2.10. The first-order chi connectivity index (χ1) is 10.5. The zero-order valence-corrected chi connectivity index (χ0v) is 12.3. The average Bonchev–Trinajstić information content (AvgIpc) is 2.48. The number of ketones is 2. The standard InChI is InChI=1S/C18H18O4/c1-12(10-17(21)13-2-6-15(19)7-3-13)11-18(22)14-4-8-16(20)9-5-14/h2-9,12,19-20H,10-11H2,1H3. The maximum Gasteiger partial charge on any atom is 0.163 e. The Hall–Kier alpha value is -2.62. The fourth-order valence-electron chi connectivity index (χ4n) is 2.24. The zero-order chi connectivity index (χ0) is 16.1. The molecule has 0 radical (unpaired) electrons. The van der Waals surface area contributed by atoms with Crippen LogP contribution in [0.1, 0.15) is 40.5 Å². The first kappa shape index (κ1) is 15.8. The van der Waals surface area contributed by atoms with Crippen molar-refractivity contribution in [3.8, 4) is 11.5 Å². The van der Waals surface area contributed by atoms with Gasteiger partial charge in [0.2, 0.25) is 0 Å². The number of carbonyl (C=O) groups is 2. The summed E-state index contributed by atoms with van der Waals surface area (Å²) < 4.78 is 0. The minimum atomic E-state index is -0.0809. The number of phenolic OH excluding ortho intramolecular Hbond substituents is 2. The summed E-state index contributed by atoms with van der Waals surface area (Å²) >= 11 is 0. The summed E-state index contributed by atoms with van der Waals surface area (Å²) in [7, 11) is 0. The highest BCUT2D eigenvalue weighted by molar-refractivity contribution is 5.98. The minimum Gasteiger partial charge on any atom is -0.508 e. The minimum absolute atomic E-state index is 0.0500. The molecular weight excluding hydrogens is 280 g/mol. The number of hydrogen-bond donors (Lipinski definition) is 2. The molecule has 2 aromatic carbocycles. The van der Waals surface area contributed by atoms with E-state index in [2.05, 4.69) is 0 Å². The van der Waals surface area contributed by atoms with Crippen molar-refractivity contribution in [1.29, 1.82) is 0 Å². The number of benzene rings is 2. The van der Waals surface area contributed by atoms with E-state index in [0.717, 1.165) is 0 Å². The van der Waals surface area contributed by atoms with Crippen molar-refractivity contribution < 1.29 is 19.8 Å². The van der Waals surface area contributed by atoms with Gasteiger partial charge in [-0.3, -0.25) is 9.59 Å². The number of Topliss-reactive ketones (excluding diaryl/α,β-unsaturated/α-hetero) is 2. The van der Waals surface area contributed by atoms with E-state index in [-0.39, 0.29) is 41.8 Å². The number of carbonyl (C=O) groups excluding carboxylic acids is 2. The predicted octanol–water partition coefficient (Wildman–Crippen LogP) is 3.58. The predicted molar refractivity (Wildman–Crippen MR) is 83.3 cm³/mol. The molecule has 22 heavy (non-hydrogen) atoms. The van der Waals surface area contributed by atoms with Crippen molar-refractivity contribution in [1.82, 2.24) is 0 Å². The van der Waals surface area contributed by atoms with Crippen LogP contribution in [-0.4, -0.2) is 21.8 Å². The molecule has 0 spiro atoms. The molecule has 0 amide bonds. The van der Waals surface area contributed by atoms with E-state index in [1.807, 2.05) is 6.92 Å². The molecule has 0 heterocycles. The Morgan fingerprint density at radius 1 is 0.773 bits per heavy atom. The molecule has 114 valence electrons. The molecule has 0 fully saturated rings. The number of aromatic hydroxyl groups is 2. The lowest BCUT2D eigenvalue weighted by atomic mass is 9.93. The van der Waals surface area contributed by atoms with Crippen LogP contribution in [0.2, 0.25) is 0 Å². The van der Waals surface area contributed by atoms with Gasteiger partial charge in [0, 0.05) is 24.0 Å². The van der Waals surface area contributed by atoms with E-state index in [9.17, 15) is 19.8 Å². The maximum atomic E-state index is 12.1. The quantitative estimate of drug-likeness (QED) is 0.799. The fraction of sp³-hybridized carbons (Fsp3) is 0.222. The fourth-order valence-corrected chi connectivity index (χ4v) is 2.24. The summed E-state index contributed by atoms with van der Waals surface area (Å²) in [4.78, 5) is 24.2. The summed E-state index contributed by atoms with van der Waals surface area (Å²) in [6.07, 6.45) is 0.545. The summed E-state index contributed by atoms with van der Waals surface area (Å²) in [6.45, 7) is 1.86. The van der Waals surface area contributed by atoms with E-state index in [1.165, 1.54) is 24.3 Å². The molecule has 2 rings (SSSR count). The van der Waals surface area contributed by atoms with E-state index in [0.29, 0.717) is 11.1 Å². The molecule has 0 atom stereocenters. The average molecular weight is 298 g/mol. The monoisotopic (exact) mass is 298 g/mol. The topological polar surface area (TPSA) is 74.6 Å². The van der Waals surface area contributed by atoms with Gasteiger partial charge in [0.1, 0.15) is 11.5 Å². The Bertz CT molecular complexity index is 597. The van der Waals surface area contributed by atoms with Gasteiger partial charge < -0.3 is 10.2 Å². The van der Waals surface area contributed by atoms with Crippen molar-refractivity contribution in [3.63, 3.8) is 0 Å². The third-order valence-electron chi connectivity index (χ3n) is 3.45. The number of rotatable bonds is 6. The van der Waals surface area contributed by atoms with Crippen molar-refractivity contribution in [2.24, 2.45) is 5.92 Å². The summed E-state index contributed by atoms with van der Waals surface area (Å²) in [5.41, 5.74) is 1.06. The highest BCUT2D eigenvalue weighted by Crippen LogP contribution is 2.19. The van der Waals surface area contributed by atoms with Crippen molar-refractivity contribution in [2.75, 3.05) is 0 Å². The number of hydrogen-bond acceptors (Lipinski definition) is 4. The molecular formula is C18H18O4. The molecule has 0 bridgehead atoms. The van der Waals surface area contributed by atoms with Gasteiger partial charge in [-0.05, 0) is 54.4 Å². The molecule has 2 N–H and O–H groups in total. The largest absolute Gasteiger partial charge is 0.508 e. The lowest BCUT2D eigenvalue weighted by Crippen LogP contribution is -2.11. The van der Waals surface area contributed by atoms with Gasteiger partial charge in [-0.1, -0.05) is 6.92 Å². The van der Waals surface area contributed by atoms with Crippen LogP contribution in [0, 0.1) is 5.92 Å². The first-order valence-electron chi connectivity index (χ1n) is 7.10. The second kappa shape index (κ2) is 6.89. The molecule has 0 aromatic heterocycles. The zero-order valence-electron chi connectivity index (χ0n) is 12.3. The summed E-state index contributed by atoms with van der Waals surface area (Å²) in [6, 6.07) is 12.2. The van der Waals surface area contributed by atoms with E-state index >= 15 is 0 Å². The SMILES string of the molecule is CC(CC(=O)c1ccc(O)cc1)CC(=O)c1ccc(O)cc1. The summed E-state index contributed by atoms with van der Waals surface area (Å²) in [5.74, 6) is 0.0545. The van der Waals surface area contributed by atoms with Crippen molar-refractivity contribution in [3.05, 3.63) is 59.7 Å². The molecule has 0 aliphatic carbocycles. The molecule has 0 aliphatic heterocycles. The van der Waals surface area contributed by atoms with Crippen LogP contribution in [0.25, 0.3) is 0 Å². The normalized spacial score (nSPS) is 10.6. The lowest BCUT2D eigenvalue weighted by molar-refractivity contribution is 0.0928. The molecule has 0 unspecified atom stereocenters. The third kappa shape index (κ3) is 4.19. The van der Waals surface area contributed by atoms with E-state index < -0.39 is 0 Å². The second-order valence-corrected chi connectivity index (χ2v) is 5.45. The Morgan fingerprint density at radius 3 is 1.41 bits per heavy atom. The molecule has 0 saturated heterocycles. The van der Waals surface area contributed by atoms with E-state index in [1.54, 1.807) is 24.3 Å². The Balaban J connectivity index is 1.93. The van der Waals surface area contributed by atoms with Gasteiger partial charge >= 0.3 is 0 Å². The highest BCUT2D eigenvalue weighted by Gasteiger charge is 2.16. The maximum absolute atomic E-state index is 12.1. The van der Waals surface area contributed by atoms with Gasteiger partial charge in [0.05, 0.1) is 0 Å². The smallest absolute Gasteiger partial charge is 0.163 e. The molecule has 0 saturated carbocycles. The summed E-state index contributed by atoms with van der Waals surface area (Å²) in [5, 5.41) is 18.4. The number of phenols is 2. The molecule has 2 aromatic rings. The van der Waals surface area contributed by atoms with E-state index in [4.69, 9.17) is 0 Å². The molecule has 4 nitrogen and oxygen atoms in total. The van der Waals surface area contributed by atoms with Crippen LogP contribution in [0.5, 0.6) is 11.5 Å². The first-order valence-corrected chi connectivity index (χ1v) is 7.10. The molecule has 4 heteroatoms. The third-order valence-corrected chi connectivity index (χ3v) is 3.45. The van der Waals surface area contributed by atoms with Gasteiger partial charge in [0.15, 0.2) is 11.6 Å². The van der Waals surface area contributed by atoms with Gasteiger partial charge in [-0.25, -0.2) is 0 Å². The van der Waals surface area contributed by atoms with Gasteiger partial charge in [0.25, 0.3) is 0 Å². The van der Waals surface area contributed by atoms with Crippen molar-refractivity contribution >= 4 is 11.6 Å². The second-order valence-electron chi connectivity index (χ2n) is 5.45. The van der Waals surface area contributed by atoms with Gasteiger partial charge in [-0.15, -0.1) is 0 Å². The Morgan fingerprint density at radius 2 is 1.09 bits per heavy atom. The Kier molecular flexibility index (Phi) is 4.94. The van der Waals surface area contributed by atoms with Crippen LogP contribution in [0.15, 0.2) is 48.5 Å². The van der Waals surface area contributed by atoms with Crippen LogP contribution in [0.4, 0.5) is 0 Å². The van der Waals surface area contributed by atoms with Crippen molar-refractivity contribution in [2.45, 2.75) is 19.8 Å². The van der Waals surface area contributed by atoms with Crippen LogP contribution >= 0.6 is 0 Å². The molecule has 0 aliphatic rings. The van der Waals surface area contributed by atoms with Crippen LogP contribution < -0.4 is 0 Å². The van der Waals surface area contributed by atoms with Crippen LogP contribution in [0.3, 0.4) is 0 Å². The highest BCUT2D eigenvalue weighted by atomic mass is 16.3. The Labute approximate surface area is 129 Å². The van der Waals surface area contributed by atoms with Crippen LogP contribution in [-0.2, 0) is 0 Å².